The van der Waals surface area contributed by atoms with E-state index in [0.717, 1.165) is 17.4 Å². The normalized spacial score (nSPS) is 17.4. The number of benzene rings is 1. The number of nitrogens with zero attached hydrogens (tertiary/aromatic N) is 2. The summed E-state index contributed by atoms with van der Waals surface area (Å²) in [6, 6.07) is 7.50. The fourth-order valence-electron chi connectivity index (χ4n) is 3.00. The summed E-state index contributed by atoms with van der Waals surface area (Å²) in [5.41, 5.74) is 1.72. The van der Waals surface area contributed by atoms with Crippen LogP contribution in [0.4, 0.5) is 10.5 Å². The van der Waals surface area contributed by atoms with E-state index in [-0.39, 0.29) is 12.6 Å². The van der Waals surface area contributed by atoms with Gasteiger partial charge in [0.15, 0.2) is 0 Å². The lowest BCUT2D eigenvalue weighted by atomic mass is 10.1. The summed E-state index contributed by atoms with van der Waals surface area (Å²) < 4.78 is 7.18. The topological polar surface area (TPSA) is 83.8 Å². The van der Waals surface area contributed by atoms with Crippen LogP contribution in [0, 0.1) is 5.92 Å². The monoisotopic (exact) mass is 331 g/mol. The van der Waals surface area contributed by atoms with Crippen molar-refractivity contribution < 1.29 is 19.4 Å². The van der Waals surface area contributed by atoms with Crippen molar-refractivity contribution in [3.63, 3.8) is 0 Å². The van der Waals surface area contributed by atoms with E-state index in [1.54, 1.807) is 12.0 Å². The summed E-state index contributed by atoms with van der Waals surface area (Å²) in [6.07, 6.45) is 2.49. The van der Waals surface area contributed by atoms with E-state index in [1.165, 1.54) is 0 Å². The van der Waals surface area contributed by atoms with Crippen LogP contribution in [-0.4, -0.2) is 53.4 Å². The van der Waals surface area contributed by atoms with Gasteiger partial charge in [-0.05, 0) is 30.0 Å². The average molecular weight is 331 g/mol. The molecule has 1 aliphatic heterocycles. The zero-order valence-corrected chi connectivity index (χ0v) is 13.6. The number of hydrogen-bond acceptors (Lipinski definition) is 3. The number of rotatable bonds is 5. The number of carboxylic acid groups (broad SMARTS) is 1. The Kier molecular flexibility index (Phi) is 4.71. The van der Waals surface area contributed by atoms with Crippen LogP contribution in [0.1, 0.15) is 6.42 Å². The van der Waals surface area contributed by atoms with Crippen molar-refractivity contribution >= 4 is 28.6 Å². The van der Waals surface area contributed by atoms with Crippen LogP contribution in [-0.2, 0) is 16.1 Å². The molecule has 0 bridgehead atoms. The number of amides is 2. The van der Waals surface area contributed by atoms with E-state index in [0.29, 0.717) is 25.3 Å². The minimum absolute atomic E-state index is 0.256. The Labute approximate surface area is 139 Å². The van der Waals surface area contributed by atoms with Gasteiger partial charge in [-0.1, -0.05) is 6.07 Å². The lowest BCUT2D eigenvalue weighted by molar-refractivity contribution is -0.141. The highest BCUT2D eigenvalue weighted by atomic mass is 16.5. The number of methoxy groups -OCH3 is 1. The quantitative estimate of drug-likeness (QED) is 0.880. The number of fused-ring (bicyclic) bond motifs is 1. The van der Waals surface area contributed by atoms with Crippen molar-refractivity contribution in [2.45, 2.75) is 13.0 Å². The van der Waals surface area contributed by atoms with Crippen molar-refractivity contribution in [3.8, 4) is 0 Å². The van der Waals surface area contributed by atoms with Crippen LogP contribution < -0.4 is 5.32 Å². The molecule has 0 aliphatic carbocycles. The van der Waals surface area contributed by atoms with Crippen LogP contribution in [0.5, 0.6) is 0 Å². The first-order chi connectivity index (χ1) is 11.6. The summed E-state index contributed by atoms with van der Waals surface area (Å²) in [4.78, 5) is 24.9. The van der Waals surface area contributed by atoms with Crippen LogP contribution in [0.3, 0.4) is 0 Å². The number of carbonyl (C=O) groups excluding carboxylic acids is 1. The summed E-state index contributed by atoms with van der Waals surface area (Å²) in [6.45, 7) is 2.08. The minimum Gasteiger partial charge on any atom is -0.481 e. The number of likely N-dealkylation sites (tertiary alicyclic amines) is 1. The van der Waals surface area contributed by atoms with Gasteiger partial charge in [0, 0.05) is 38.6 Å². The number of aliphatic carboxylic acids is 1. The minimum atomic E-state index is -0.845. The SMILES string of the molecule is COCCn1ccc2ccc(NC(=O)N3CCC(C(=O)O)C3)cc21. The Balaban J connectivity index is 1.70. The largest absolute Gasteiger partial charge is 0.481 e. The molecule has 0 spiro atoms. The number of nitrogens with one attached hydrogen (secondary N) is 1. The molecule has 7 heteroatoms. The molecule has 1 aromatic carbocycles. The molecule has 1 aromatic heterocycles. The number of urea groups is 1. The zero-order chi connectivity index (χ0) is 17.1. The highest BCUT2D eigenvalue weighted by molar-refractivity contribution is 5.93. The summed E-state index contributed by atoms with van der Waals surface area (Å²) >= 11 is 0. The number of anilines is 1. The number of carboxylic acids is 1. The maximum absolute atomic E-state index is 12.3. The molecule has 0 saturated carbocycles. The predicted molar refractivity (Wildman–Crippen MR) is 90.1 cm³/mol. The third-order valence-corrected chi connectivity index (χ3v) is 4.39. The highest BCUT2D eigenvalue weighted by Crippen LogP contribution is 2.22. The third kappa shape index (κ3) is 3.35. The predicted octanol–water partition coefficient (Wildman–Crippen LogP) is 2.23. The first kappa shape index (κ1) is 16.3. The van der Waals surface area contributed by atoms with Gasteiger partial charge in [-0.3, -0.25) is 4.79 Å². The molecule has 128 valence electrons. The third-order valence-electron chi connectivity index (χ3n) is 4.39. The lowest BCUT2D eigenvalue weighted by Crippen LogP contribution is -2.33. The van der Waals surface area contributed by atoms with Crippen LogP contribution >= 0.6 is 0 Å². The van der Waals surface area contributed by atoms with Gasteiger partial charge in [0.1, 0.15) is 0 Å². The Morgan fingerprint density at radius 3 is 2.92 bits per heavy atom. The molecule has 2 heterocycles. The number of aromatic nitrogens is 1. The zero-order valence-electron chi connectivity index (χ0n) is 13.6. The van der Waals surface area contributed by atoms with Crippen molar-refractivity contribution in [1.82, 2.24) is 9.47 Å². The molecule has 0 radical (unpaired) electrons. The maximum Gasteiger partial charge on any atom is 0.321 e. The Bertz CT molecular complexity index is 755. The van der Waals surface area contributed by atoms with Gasteiger partial charge in [0.2, 0.25) is 0 Å². The molecule has 1 fully saturated rings. The van der Waals surface area contributed by atoms with Gasteiger partial charge in [0.25, 0.3) is 0 Å². The van der Waals surface area contributed by atoms with Gasteiger partial charge < -0.3 is 24.6 Å². The van der Waals surface area contributed by atoms with Crippen LogP contribution in [0.2, 0.25) is 0 Å². The lowest BCUT2D eigenvalue weighted by Gasteiger charge is -2.17. The van der Waals surface area contributed by atoms with Crippen molar-refractivity contribution in [3.05, 3.63) is 30.5 Å². The second kappa shape index (κ2) is 6.92. The van der Waals surface area contributed by atoms with Gasteiger partial charge in [-0.15, -0.1) is 0 Å². The van der Waals surface area contributed by atoms with Crippen LogP contribution in [0.15, 0.2) is 30.5 Å². The smallest absolute Gasteiger partial charge is 0.321 e. The molecule has 1 aliphatic rings. The van der Waals surface area contributed by atoms with E-state index in [9.17, 15) is 9.59 Å². The van der Waals surface area contributed by atoms with Crippen molar-refractivity contribution in [2.75, 3.05) is 32.1 Å². The molecule has 2 aromatic rings. The summed E-state index contributed by atoms with van der Waals surface area (Å²) in [5.74, 6) is -1.31. The average Bonchev–Trinajstić information content (AvgIpc) is 3.20. The van der Waals surface area contributed by atoms with E-state index >= 15 is 0 Å². The molecule has 1 saturated heterocycles. The first-order valence-electron chi connectivity index (χ1n) is 7.95. The van der Waals surface area contributed by atoms with Gasteiger partial charge in [-0.2, -0.15) is 0 Å². The molecular weight excluding hydrogens is 310 g/mol. The van der Waals surface area contributed by atoms with Crippen molar-refractivity contribution in [1.29, 1.82) is 0 Å². The molecule has 7 nitrogen and oxygen atoms in total. The maximum atomic E-state index is 12.3. The Morgan fingerprint density at radius 1 is 1.38 bits per heavy atom. The molecule has 1 atom stereocenters. The number of carbonyl (C=O) groups is 2. The Hall–Kier alpha value is -2.54. The van der Waals surface area contributed by atoms with E-state index in [2.05, 4.69) is 9.88 Å². The number of hydrogen-bond donors (Lipinski definition) is 2. The fourth-order valence-corrected chi connectivity index (χ4v) is 3.00. The molecule has 1 unspecified atom stereocenters. The number of ether oxygens (including phenoxy) is 1. The second-order valence-corrected chi connectivity index (χ2v) is 5.98. The first-order valence-corrected chi connectivity index (χ1v) is 7.95. The summed E-state index contributed by atoms with van der Waals surface area (Å²) in [7, 11) is 1.66. The molecule has 2 amide bonds. The summed E-state index contributed by atoms with van der Waals surface area (Å²) in [5, 5.41) is 13.0. The van der Waals surface area contributed by atoms with Gasteiger partial charge in [-0.25, -0.2) is 4.79 Å². The van der Waals surface area contributed by atoms with Gasteiger partial charge in [0.05, 0.1) is 18.0 Å². The van der Waals surface area contributed by atoms with E-state index in [1.807, 2.05) is 30.5 Å². The Morgan fingerprint density at radius 2 is 2.21 bits per heavy atom. The standard InChI is InChI=1S/C17H21N3O4/c1-24-9-8-19-6-4-12-2-3-14(10-15(12)19)18-17(23)20-7-5-13(11-20)16(21)22/h2-4,6,10,13H,5,7-9,11H2,1H3,(H,18,23)(H,21,22). The molecule has 2 N–H and O–H groups in total. The second-order valence-electron chi connectivity index (χ2n) is 5.98. The molecule has 3 rings (SSSR count). The van der Waals surface area contributed by atoms with Crippen molar-refractivity contribution in [2.24, 2.45) is 5.92 Å². The van der Waals surface area contributed by atoms with E-state index < -0.39 is 11.9 Å². The highest BCUT2D eigenvalue weighted by Gasteiger charge is 2.30. The van der Waals surface area contributed by atoms with E-state index in [4.69, 9.17) is 9.84 Å². The fraction of sp³-hybridized carbons (Fsp3) is 0.412. The van der Waals surface area contributed by atoms with Crippen LogP contribution in [0.25, 0.3) is 10.9 Å². The molecular formula is C17H21N3O4. The van der Waals surface area contributed by atoms with Gasteiger partial charge >= 0.3 is 12.0 Å². The molecule has 24 heavy (non-hydrogen) atoms.